The summed E-state index contributed by atoms with van der Waals surface area (Å²) in [6.45, 7) is 11.0. The van der Waals surface area contributed by atoms with Crippen LogP contribution in [-0.2, 0) is 13.0 Å². The molecule has 0 spiro atoms. The molecule has 0 saturated heterocycles. The number of aliphatic imine (C=N–C) groups is 1. The summed E-state index contributed by atoms with van der Waals surface area (Å²) in [4.78, 5) is 14.6. The van der Waals surface area contributed by atoms with E-state index in [1.54, 1.807) is 6.20 Å². The van der Waals surface area contributed by atoms with E-state index < -0.39 is 0 Å². The molecule has 1 aromatic heterocycles. The summed E-state index contributed by atoms with van der Waals surface area (Å²) in [6.07, 6.45) is 11.2. The second-order valence-electron chi connectivity index (χ2n) is 7.31. The van der Waals surface area contributed by atoms with Crippen LogP contribution in [0, 0.1) is 0 Å². The number of imidazole rings is 1. The molecule has 4 nitrogen and oxygen atoms in total. The van der Waals surface area contributed by atoms with E-state index in [0.717, 1.165) is 11.5 Å². The lowest BCUT2D eigenvalue weighted by atomic mass is 10.0. The van der Waals surface area contributed by atoms with E-state index in [-0.39, 0.29) is 0 Å². The Balaban J connectivity index is 1.67. The number of unbranched alkanes of at least 4 members (excludes halogenated alkanes) is 2. The third-order valence-electron chi connectivity index (χ3n) is 4.88. The van der Waals surface area contributed by atoms with E-state index in [1.807, 2.05) is 13.1 Å². The Bertz CT molecular complexity index is 638. The van der Waals surface area contributed by atoms with E-state index in [1.165, 1.54) is 69.3 Å². The first-order chi connectivity index (χ1) is 13.2. The summed E-state index contributed by atoms with van der Waals surface area (Å²) >= 11 is 0. The predicted octanol–water partition coefficient (Wildman–Crippen LogP) is 5.25. The van der Waals surface area contributed by atoms with Crippen LogP contribution in [0.25, 0.3) is 0 Å². The molecule has 1 N–H and O–H groups in total. The number of nitrogens with zero attached hydrogens (tertiary/aromatic N) is 3. The number of nitrogens with one attached hydrogen (secondary N) is 1. The van der Waals surface area contributed by atoms with E-state index in [0.29, 0.717) is 6.54 Å². The number of H-pyrrole nitrogens is 1. The molecule has 2 rings (SSSR count). The minimum atomic E-state index is 0.706. The maximum absolute atomic E-state index is 4.62. The van der Waals surface area contributed by atoms with Gasteiger partial charge < -0.3 is 9.88 Å². The van der Waals surface area contributed by atoms with Crippen molar-refractivity contribution in [3.8, 4) is 0 Å². The van der Waals surface area contributed by atoms with Crippen LogP contribution in [0.4, 0.5) is 0 Å². The standard InChI is InChI=1S/C23H36N4/c1-4-16-27(17-5-2)18-8-6-7-9-21-10-12-22(13-11-21)19-26-20(3)23-24-14-15-25-23/h10-15H,4-9,16-19H2,1-3H3,(H,24,25). The Morgan fingerprint density at radius 1 is 0.963 bits per heavy atom. The third-order valence-corrected chi connectivity index (χ3v) is 4.88. The van der Waals surface area contributed by atoms with Crippen molar-refractivity contribution in [3.05, 3.63) is 53.6 Å². The molecule has 0 aliphatic heterocycles. The smallest absolute Gasteiger partial charge is 0.150 e. The summed E-state index contributed by atoms with van der Waals surface area (Å²) in [5.74, 6) is 0.850. The van der Waals surface area contributed by atoms with E-state index in [9.17, 15) is 0 Å². The van der Waals surface area contributed by atoms with E-state index in [4.69, 9.17) is 0 Å². The summed E-state index contributed by atoms with van der Waals surface area (Å²) in [5, 5.41) is 0. The predicted molar refractivity (Wildman–Crippen MR) is 116 cm³/mol. The number of aromatic nitrogens is 2. The van der Waals surface area contributed by atoms with Crippen LogP contribution in [0.2, 0.25) is 0 Å². The van der Waals surface area contributed by atoms with Gasteiger partial charge in [-0.3, -0.25) is 4.99 Å². The van der Waals surface area contributed by atoms with E-state index in [2.05, 4.69) is 58.0 Å². The zero-order valence-corrected chi connectivity index (χ0v) is 17.4. The van der Waals surface area contributed by atoms with Gasteiger partial charge in [-0.15, -0.1) is 0 Å². The lowest BCUT2D eigenvalue weighted by Gasteiger charge is -2.20. The lowest BCUT2D eigenvalue weighted by Crippen LogP contribution is -2.26. The third kappa shape index (κ3) is 8.08. The Hall–Kier alpha value is -1.94. The molecule has 27 heavy (non-hydrogen) atoms. The molecule has 1 aromatic carbocycles. The highest BCUT2D eigenvalue weighted by Gasteiger charge is 2.02. The first kappa shape index (κ1) is 21.4. The van der Waals surface area contributed by atoms with Crippen molar-refractivity contribution in [2.75, 3.05) is 19.6 Å². The van der Waals surface area contributed by atoms with Gasteiger partial charge in [0, 0.05) is 12.4 Å². The fourth-order valence-electron chi connectivity index (χ4n) is 3.37. The number of aromatic amines is 1. The van der Waals surface area contributed by atoms with Crippen molar-refractivity contribution in [1.29, 1.82) is 0 Å². The van der Waals surface area contributed by atoms with Gasteiger partial charge in [-0.05, 0) is 69.8 Å². The summed E-state index contributed by atoms with van der Waals surface area (Å²) < 4.78 is 0. The molecule has 0 amide bonds. The number of rotatable bonds is 13. The van der Waals surface area contributed by atoms with Crippen LogP contribution in [-0.4, -0.2) is 40.2 Å². The van der Waals surface area contributed by atoms with Gasteiger partial charge in [0.05, 0.1) is 12.3 Å². The topological polar surface area (TPSA) is 44.3 Å². The first-order valence-electron chi connectivity index (χ1n) is 10.5. The second-order valence-corrected chi connectivity index (χ2v) is 7.31. The van der Waals surface area contributed by atoms with Crippen molar-refractivity contribution < 1.29 is 0 Å². The SMILES string of the molecule is CCCN(CCC)CCCCCc1ccc(CN=C(C)c2ncc[nH]2)cc1. The molecular formula is C23H36N4. The number of aryl methyl sites for hydroxylation is 1. The van der Waals surface area contributed by atoms with Gasteiger partial charge >= 0.3 is 0 Å². The van der Waals surface area contributed by atoms with Crippen molar-refractivity contribution in [2.24, 2.45) is 4.99 Å². The largest absolute Gasteiger partial charge is 0.344 e. The summed E-state index contributed by atoms with van der Waals surface area (Å²) in [5.41, 5.74) is 3.63. The van der Waals surface area contributed by atoms with Gasteiger partial charge in [0.25, 0.3) is 0 Å². The average Bonchev–Trinajstić information content (AvgIpc) is 3.22. The zero-order valence-electron chi connectivity index (χ0n) is 17.4. The van der Waals surface area contributed by atoms with Gasteiger partial charge in [-0.25, -0.2) is 4.98 Å². The molecule has 2 aromatic rings. The van der Waals surface area contributed by atoms with Crippen LogP contribution < -0.4 is 0 Å². The Morgan fingerprint density at radius 2 is 1.67 bits per heavy atom. The highest BCUT2D eigenvalue weighted by atomic mass is 15.1. The molecular weight excluding hydrogens is 332 g/mol. The molecule has 0 aliphatic carbocycles. The molecule has 0 radical (unpaired) electrons. The average molecular weight is 369 g/mol. The van der Waals surface area contributed by atoms with Gasteiger partial charge in [0.1, 0.15) is 0 Å². The molecule has 0 saturated carbocycles. The second kappa shape index (κ2) is 12.4. The normalized spacial score (nSPS) is 12.1. The zero-order chi connectivity index (χ0) is 19.3. The first-order valence-corrected chi connectivity index (χ1v) is 10.5. The van der Waals surface area contributed by atoms with Gasteiger partial charge in [-0.1, -0.05) is 44.5 Å². The van der Waals surface area contributed by atoms with Crippen LogP contribution in [0.3, 0.4) is 0 Å². The van der Waals surface area contributed by atoms with Crippen LogP contribution >= 0.6 is 0 Å². The van der Waals surface area contributed by atoms with Crippen molar-refractivity contribution in [2.45, 2.75) is 65.8 Å². The van der Waals surface area contributed by atoms with Crippen molar-refractivity contribution in [3.63, 3.8) is 0 Å². The van der Waals surface area contributed by atoms with Crippen LogP contribution in [0.1, 0.15) is 69.8 Å². The van der Waals surface area contributed by atoms with Gasteiger partial charge in [-0.2, -0.15) is 0 Å². The molecule has 0 bridgehead atoms. The lowest BCUT2D eigenvalue weighted by molar-refractivity contribution is 0.268. The molecule has 1 heterocycles. The van der Waals surface area contributed by atoms with Gasteiger partial charge in [0.2, 0.25) is 0 Å². The van der Waals surface area contributed by atoms with Crippen LogP contribution in [0.15, 0.2) is 41.7 Å². The maximum Gasteiger partial charge on any atom is 0.150 e. The number of benzene rings is 1. The maximum atomic E-state index is 4.62. The summed E-state index contributed by atoms with van der Waals surface area (Å²) in [6, 6.07) is 8.93. The van der Waals surface area contributed by atoms with Gasteiger partial charge in [0.15, 0.2) is 5.82 Å². The molecule has 0 unspecified atom stereocenters. The summed E-state index contributed by atoms with van der Waals surface area (Å²) in [7, 11) is 0. The number of hydrogen-bond acceptors (Lipinski definition) is 3. The quantitative estimate of drug-likeness (QED) is 0.387. The van der Waals surface area contributed by atoms with Crippen LogP contribution in [0.5, 0.6) is 0 Å². The Morgan fingerprint density at radius 3 is 2.30 bits per heavy atom. The monoisotopic (exact) mass is 368 g/mol. The van der Waals surface area contributed by atoms with Crippen molar-refractivity contribution >= 4 is 5.71 Å². The minimum Gasteiger partial charge on any atom is -0.344 e. The Labute approximate surface area is 165 Å². The van der Waals surface area contributed by atoms with E-state index >= 15 is 0 Å². The molecule has 4 heteroatoms. The fourth-order valence-corrected chi connectivity index (χ4v) is 3.37. The molecule has 0 fully saturated rings. The Kier molecular flexibility index (Phi) is 9.85. The highest BCUT2D eigenvalue weighted by molar-refractivity contribution is 5.95. The number of hydrogen-bond donors (Lipinski definition) is 1. The molecule has 0 aliphatic rings. The fraction of sp³-hybridized carbons (Fsp3) is 0.565. The highest BCUT2D eigenvalue weighted by Crippen LogP contribution is 2.11. The molecule has 148 valence electrons. The molecule has 0 atom stereocenters. The minimum absolute atomic E-state index is 0.706. The van der Waals surface area contributed by atoms with Crippen molar-refractivity contribution in [1.82, 2.24) is 14.9 Å².